The van der Waals surface area contributed by atoms with E-state index in [1.807, 2.05) is 34.1 Å². The van der Waals surface area contributed by atoms with Crippen LogP contribution < -0.4 is 10.2 Å². The molecule has 0 saturated heterocycles. The summed E-state index contributed by atoms with van der Waals surface area (Å²) in [6.45, 7) is 4.26. The number of allylic oxidation sites excluding steroid dienone is 11. The molecule has 48 heavy (non-hydrogen) atoms. The minimum absolute atomic E-state index is 0.00936. The van der Waals surface area contributed by atoms with Gasteiger partial charge in [-0.25, -0.2) is 0 Å². The Balaban J connectivity index is 4.11. The van der Waals surface area contributed by atoms with Gasteiger partial charge >= 0.3 is 0 Å². The van der Waals surface area contributed by atoms with E-state index in [9.17, 15) is 19.4 Å². The normalized spacial score (nSPS) is 15.6. The Morgan fingerprint density at radius 2 is 1.27 bits per heavy atom. The third-order valence-corrected chi connectivity index (χ3v) is 8.37. The average Bonchev–Trinajstić information content (AvgIpc) is 3.02. The smallest absolute Gasteiger partial charge is 0.268 e. The zero-order valence-electron chi connectivity index (χ0n) is 30.9. The zero-order chi connectivity index (χ0) is 35.8. The van der Waals surface area contributed by atoms with Crippen LogP contribution in [0.4, 0.5) is 0 Å². The molecular weight excluding hydrogens is 623 g/mol. The molecular formula is C39H69N2O6P. The molecule has 3 unspecified atom stereocenters. The third kappa shape index (κ3) is 32.5. The van der Waals surface area contributed by atoms with Crippen molar-refractivity contribution in [2.45, 2.75) is 129 Å². The number of aliphatic hydroxyl groups excluding tert-OH is 1. The number of phosphoric acid groups is 1. The monoisotopic (exact) mass is 692 g/mol. The highest BCUT2D eigenvalue weighted by atomic mass is 31.2. The van der Waals surface area contributed by atoms with Crippen molar-refractivity contribution in [1.29, 1.82) is 0 Å². The van der Waals surface area contributed by atoms with Crippen molar-refractivity contribution >= 4 is 13.7 Å². The molecule has 0 spiro atoms. The van der Waals surface area contributed by atoms with Gasteiger partial charge in [-0.3, -0.25) is 9.36 Å². The average molecular weight is 693 g/mol. The van der Waals surface area contributed by atoms with Crippen molar-refractivity contribution in [3.8, 4) is 0 Å². The van der Waals surface area contributed by atoms with E-state index in [4.69, 9.17) is 9.05 Å². The fraction of sp³-hybridized carbons (Fsp3) is 0.667. The molecule has 1 amide bonds. The van der Waals surface area contributed by atoms with Gasteiger partial charge in [-0.2, -0.15) is 0 Å². The summed E-state index contributed by atoms with van der Waals surface area (Å²) in [5, 5.41) is 13.4. The third-order valence-electron chi connectivity index (χ3n) is 7.40. The maximum Gasteiger partial charge on any atom is 0.268 e. The van der Waals surface area contributed by atoms with Crippen LogP contribution in [0.15, 0.2) is 72.9 Å². The summed E-state index contributed by atoms with van der Waals surface area (Å²) in [5.74, 6) is -0.227. The number of carbonyl (C=O) groups excluding carboxylic acids is 1. The number of aliphatic hydroxyl groups is 1. The lowest BCUT2D eigenvalue weighted by Gasteiger charge is -2.29. The van der Waals surface area contributed by atoms with Gasteiger partial charge in [-0.1, -0.05) is 125 Å². The summed E-state index contributed by atoms with van der Waals surface area (Å²) >= 11 is 0. The van der Waals surface area contributed by atoms with Crippen molar-refractivity contribution < 1.29 is 32.9 Å². The lowest BCUT2D eigenvalue weighted by atomic mass is 10.1. The van der Waals surface area contributed by atoms with Gasteiger partial charge in [-0.15, -0.1) is 0 Å². The number of rotatable bonds is 31. The standard InChI is InChI=1S/C39H69N2O6P/c1-6-8-10-11-12-13-14-15-16-17-18-19-20-21-22-23-24-25-26-27-28-29-31-33-39(43)40-37(38(42)32-30-9-7-2)36-47-48(44,45)46-35-34-41(3,4)5/h8,10,12-13,15-16,18-19,21-22,30,32,37-38,42H,6-7,9,11,14,17,20,23-29,31,33-36H2,1-5H3,(H-,40,43,44,45)/b10-8-,13-12-,16-15-,19-18-,22-21-,32-30+. The van der Waals surface area contributed by atoms with Crippen molar-refractivity contribution in [2.24, 2.45) is 0 Å². The van der Waals surface area contributed by atoms with Crippen molar-refractivity contribution in [1.82, 2.24) is 5.32 Å². The summed E-state index contributed by atoms with van der Waals surface area (Å²) in [6.07, 6.45) is 40.3. The first-order valence-electron chi connectivity index (χ1n) is 18.3. The van der Waals surface area contributed by atoms with Gasteiger partial charge in [0.1, 0.15) is 13.2 Å². The van der Waals surface area contributed by atoms with Crippen LogP contribution in [0.25, 0.3) is 0 Å². The maximum atomic E-state index is 12.6. The van der Waals surface area contributed by atoms with E-state index in [0.29, 0.717) is 17.4 Å². The van der Waals surface area contributed by atoms with E-state index in [1.54, 1.807) is 6.08 Å². The second kappa shape index (κ2) is 31.0. The predicted molar refractivity (Wildman–Crippen MR) is 200 cm³/mol. The lowest BCUT2D eigenvalue weighted by Crippen LogP contribution is -2.45. The van der Waals surface area contributed by atoms with E-state index < -0.39 is 26.6 Å². The van der Waals surface area contributed by atoms with Gasteiger partial charge in [0.05, 0.1) is 39.9 Å². The lowest BCUT2D eigenvalue weighted by molar-refractivity contribution is -0.870. The molecule has 276 valence electrons. The summed E-state index contributed by atoms with van der Waals surface area (Å²) in [7, 11) is 1.23. The highest BCUT2D eigenvalue weighted by molar-refractivity contribution is 7.45. The summed E-state index contributed by atoms with van der Waals surface area (Å²) in [6, 6.07) is -0.891. The highest BCUT2D eigenvalue weighted by Gasteiger charge is 2.23. The van der Waals surface area contributed by atoms with Crippen LogP contribution in [0.2, 0.25) is 0 Å². The van der Waals surface area contributed by atoms with Gasteiger partial charge in [0, 0.05) is 6.42 Å². The molecule has 9 heteroatoms. The fourth-order valence-corrected chi connectivity index (χ4v) is 5.20. The molecule has 8 nitrogen and oxygen atoms in total. The van der Waals surface area contributed by atoms with Crippen molar-refractivity contribution in [3.05, 3.63) is 72.9 Å². The summed E-state index contributed by atoms with van der Waals surface area (Å²) in [5.41, 5.74) is 0. The Labute approximate surface area is 294 Å². The number of phosphoric ester groups is 1. The number of carbonyl (C=O) groups is 1. The summed E-state index contributed by atoms with van der Waals surface area (Å²) in [4.78, 5) is 24.8. The van der Waals surface area contributed by atoms with Crippen molar-refractivity contribution in [2.75, 3.05) is 40.9 Å². The number of nitrogens with zero attached hydrogens (tertiary/aromatic N) is 1. The predicted octanol–water partition coefficient (Wildman–Crippen LogP) is 8.66. The molecule has 3 atom stereocenters. The molecule has 0 rings (SSSR count). The largest absolute Gasteiger partial charge is 0.756 e. The van der Waals surface area contributed by atoms with Gasteiger partial charge in [0.25, 0.3) is 7.82 Å². The van der Waals surface area contributed by atoms with Crippen LogP contribution >= 0.6 is 7.82 Å². The minimum Gasteiger partial charge on any atom is -0.756 e. The number of quaternary nitrogens is 1. The number of likely N-dealkylation sites (N-methyl/N-ethyl adjacent to an activating group) is 1. The minimum atomic E-state index is -4.57. The second-order valence-corrected chi connectivity index (χ2v) is 14.6. The highest BCUT2D eigenvalue weighted by Crippen LogP contribution is 2.38. The SMILES string of the molecule is CC/C=C\C/C=C\C/C=C\C/C=C\C/C=C\CCCCCCCCCC(=O)NC(COP(=O)([O-])OCC[N+](C)(C)C)C(O)/C=C/CCC. The molecule has 0 aromatic rings. The molecule has 0 aliphatic carbocycles. The topological polar surface area (TPSA) is 108 Å². The number of hydrogen-bond acceptors (Lipinski definition) is 6. The maximum absolute atomic E-state index is 12.6. The number of nitrogens with one attached hydrogen (secondary N) is 1. The molecule has 0 bridgehead atoms. The number of hydrogen-bond donors (Lipinski definition) is 2. The van der Waals surface area contributed by atoms with Gasteiger partial charge < -0.3 is 28.8 Å². The number of amides is 1. The van der Waals surface area contributed by atoms with Gasteiger partial charge in [-0.05, 0) is 57.8 Å². The van der Waals surface area contributed by atoms with Crippen LogP contribution in [0.3, 0.4) is 0 Å². The first kappa shape index (κ1) is 45.9. The zero-order valence-corrected chi connectivity index (χ0v) is 31.8. The Hall–Kier alpha value is -2.06. The molecule has 2 N–H and O–H groups in total. The quantitative estimate of drug-likeness (QED) is 0.0326. The number of unbranched alkanes of at least 4 members (excludes halogenated alkanes) is 8. The van der Waals surface area contributed by atoms with Gasteiger partial charge in [0.15, 0.2) is 0 Å². The fourth-order valence-electron chi connectivity index (χ4n) is 4.48. The Kier molecular flexibility index (Phi) is 29.6. The van der Waals surface area contributed by atoms with Crippen LogP contribution in [-0.2, 0) is 18.4 Å². The molecule has 0 heterocycles. The van der Waals surface area contributed by atoms with E-state index >= 15 is 0 Å². The van der Waals surface area contributed by atoms with E-state index in [0.717, 1.165) is 77.0 Å². The summed E-state index contributed by atoms with van der Waals surface area (Å²) < 4.78 is 22.8. The van der Waals surface area contributed by atoms with Crippen LogP contribution in [0, 0.1) is 0 Å². The Morgan fingerprint density at radius 1 is 0.750 bits per heavy atom. The van der Waals surface area contributed by atoms with Crippen molar-refractivity contribution in [3.63, 3.8) is 0 Å². The van der Waals surface area contributed by atoms with E-state index in [-0.39, 0.29) is 12.5 Å². The van der Waals surface area contributed by atoms with Gasteiger partial charge in [0.2, 0.25) is 5.91 Å². The molecule has 0 fully saturated rings. The molecule has 0 aromatic carbocycles. The van der Waals surface area contributed by atoms with Crippen LogP contribution in [-0.4, -0.2) is 68.5 Å². The first-order chi connectivity index (χ1) is 23.0. The van der Waals surface area contributed by atoms with E-state index in [2.05, 4.69) is 73.0 Å². The van der Waals surface area contributed by atoms with E-state index in [1.165, 1.54) is 19.3 Å². The first-order valence-corrected chi connectivity index (χ1v) is 19.8. The van der Waals surface area contributed by atoms with Crippen LogP contribution in [0.5, 0.6) is 0 Å². The molecule has 0 aliphatic rings. The second-order valence-electron chi connectivity index (χ2n) is 13.2. The molecule has 0 saturated carbocycles. The molecule has 0 radical (unpaired) electrons. The molecule has 0 aromatic heterocycles. The Morgan fingerprint density at radius 3 is 1.81 bits per heavy atom. The molecule has 0 aliphatic heterocycles. The van der Waals surface area contributed by atoms with Crippen LogP contribution in [0.1, 0.15) is 117 Å². The Bertz CT molecular complexity index is 1010.